The Morgan fingerprint density at radius 2 is 1.69 bits per heavy atom. The largest absolute Gasteiger partial charge is 0.356 e. The SMILES string of the molecule is CN=C(NCc1ccc(S(N)(=O)=O)cc1)NCC(C)c1ccc(C)cc1. The number of hydrogen-bond acceptors (Lipinski definition) is 3. The van der Waals surface area contributed by atoms with E-state index in [0.29, 0.717) is 18.4 Å². The standard InChI is InChI=1S/C19H26N4O2S/c1-14-4-8-17(9-5-14)15(2)12-22-19(21-3)23-13-16-6-10-18(11-7-16)26(20,24)25/h4-11,15H,12-13H2,1-3H3,(H2,20,24,25)(H2,21,22,23). The molecule has 0 saturated carbocycles. The molecule has 26 heavy (non-hydrogen) atoms. The number of primary sulfonamides is 1. The maximum Gasteiger partial charge on any atom is 0.238 e. The summed E-state index contributed by atoms with van der Waals surface area (Å²) in [5.74, 6) is 1.04. The van der Waals surface area contributed by atoms with E-state index in [1.807, 2.05) is 0 Å². The Hall–Kier alpha value is -2.38. The van der Waals surface area contributed by atoms with E-state index in [-0.39, 0.29) is 4.90 Å². The number of nitrogens with two attached hydrogens (primary N) is 1. The van der Waals surface area contributed by atoms with Gasteiger partial charge in [-0.1, -0.05) is 48.9 Å². The lowest BCUT2D eigenvalue weighted by Gasteiger charge is -2.16. The van der Waals surface area contributed by atoms with E-state index in [0.717, 1.165) is 12.1 Å². The van der Waals surface area contributed by atoms with Crippen molar-refractivity contribution in [2.75, 3.05) is 13.6 Å². The first-order chi connectivity index (χ1) is 12.3. The third kappa shape index (κ3) is 5.86. The van der Waals surface area contributed by atoms with Crippen LogP contribution >= 0.6 is 0 Å². The summed E-state index contributed by atoms with van der Waals surface area (Å²) in [4.78, 5) is 4.33. The van der Waals surface area contributed by atoms with Gasteiger partial charge < -0.3 is 10.6 Å². The molecule has 0 bridgehead atoms. The first-order valence-electron chi connectivity index (χ1n) is 8.42. The molecule has 0 spiro atoms. The molecule has 1 unspecified atom stereocenters. The van der Waals surface area contributed by atoms with Gasteiger partial charge in [-0.3, -0.25) is 4.99 Å². The number of benzene rings is 2. The van der Waals surface area contributed by atoms with Gasteiger partial charge in [-0.2, -0.15) is 0 Å². The molecule has 2 aromatic carbocycles. The van der Waals surface area contributed by atoms with Gasteiger partial charge in [0.05, 0.1) is 4.90 Å². The third-order valence-corrected chi connectivity index (χ3v) is 5.09. The maximum absolute atomic E-state index is 11.3. The first kappa shape index (κ1) is 19.9. The van der Waals surface area contributed by atoms with E-state index in [1.54, 1.807) is 19.2 Å². The van der Waals surface area contributed by atoms with Crippen LogP contribution in [0.1, 0.15) is 29.5 Å². The smallest absolute Gasteiger partial charge is 0.238 e. The normalized spacial score (nSPS) is 13.3. The second-order valence-electron chi connectivity index (χ2n) is 6.31. The fourth-order valence-corrected chi connectivity index (χ4v) is 2.98. The van der Waals surface area contributed by atoms with Crippen LogP contribution in [0.25, 0.3) is 0 Å². The van der Waals surface area contributed by atoms with Crippen LogP contribution in [0, 0.1) is 6.92 Å². The topological polar surface area (TPSA) is 96.6 Å². The minimum Gasteiger partial charge on any atom is -0.356 e. The molecule has 0 saturated heterocycles. The Morgan fingerprint density at radius 3 is 2.23 bits per heavy atom. The van der Waals surface area contributed by atoms with E-state index in [4.69, 9.17) is 5.14 Å². The van der Waals surface area contributed by atoms with E-state index in [2.05, 4.69) is 53.7 Å². The zero-order valence-corrected chi connectivity index (χ0v) is 16.2. The number of aryl methyl sites for hydroxylation is 1. The fraction of sp³-hybridized carbons (Fsp3) is 0.316. The van der Waals surface area contributed by atoms with Gasteiger partial charge in [-0.15, -0.1) is 0 Å². The summed E-state index contributed by atoms with van der Waals surface area (Å²) in [6, 6.07) is 15.0. The monoisotopic (exact) mass is 374 g/mol. The Balaban J connectivity index is 1.86. The highest BCUT2D eigenvalue weighted by atomic mass is 32.2. The van der Waals surface area contributed by atoms with E-state index < -0.39 is 10.0 Å². The lowest BCUT2D eigenvalue weighted by molar-refractivity contribution is 0.597. The molecule has 0 fully saturated rings. The van der Waals surface area contributed by atoms with Gasteiger partial charge in [0, 0.05) is 20.1 Å². The molecule has 0 aliphatic heterocycles. The summed E-state index contributed by atoms with van der Waals surface area (Å²) in [5, 5.41) is 11.6. The summed E-state index contributed by atoms with van der Waals surface area (Å²) < 4.78 is 22.5. The van der Waals surface area contributed by atoms with Crippen molar-refractivity contribution in [3.63, 3.8) is 0 Å². The molecule has 140 valence electrons. The van der Waals surface area contributed by atoms with Crippen LogP contribution in [0.3, 0.4) is 0 Å². The van der Waals surface area contributed by atoms with Crippen LogP contribution in [-0.4, -0.2) is 28.0 Å². The molecule has 0 aromatic heterocycles. The van der Waals surface area contributed by atoms with Crippen molar-refractivity contribution in [3.05, 3.63) is 65.2 Å². The molecule has 7 heteroatoms. The predicted octanol–water partition coefficient (Wildman–Crippen LogP) is 2.11. The van der Waals surface area contributed by atoms with Gasteiger partial charge in [0.15, 0.2) is 5.96 Å². The van der Waals surface area contributed by atoms with Crippen molar-refractivity contribution in [1.82, 2.24) is 10.6 Å². The molecule has 0 radical (unpaired) electrons. The number of hydrogen-bond donors (Lipinski definition) is 3. The highest BCUT2D eigenvalue weighted by molar-refractivity contribution is 7.89. The Morgan fingerprint density at radius 1 is 1.08 bits per heavy atom. The molecule has 2 aromatic rings. The van der Waals surface area contributed by atoms with Gasteiger partial charge in [-0.25, -0.2) is 13.6 Å². The van der Waals surface area contributed by atoms with Crippen LogP contribution < -0.4 is 15.8 Å². The van der Waals surface area contributed by atoms with Crippen molar-refractivity contribution in [2.24, 2.45) is 10.1 Å². The minimum atomic E-state index is -3.66. The first-order valence-corrected chi connectivity index (χ1v) is 9.97. The van der Waals surface area contributed by atoms with Gasteiger partial charge in [0.1, 0.15) is 0 Å². The summed E-state index contributed by atoms with van der Waals surface area (Å²) in [7, 11) is -1.94. The highest BCUT2D eigenvalue weighted by Crippen LogP contribution is 2.14. The van der Waals surface area contributed by atoms with Crippen LogP contribution in [0.4, 0.5) is 0 Å². The van der Waals surface area contributed by atoms with Gasteiger partial charge in [0.25, 0.3) is 0 Å². The van der Waals surface area contributed by atoms with Crippen LogP contribution in [0.5, 0.6) is 0 Å². The average Bonchev–Trinajstić information content (AvgIpc) is 2.62. The molecule has 6 nitrogen and oxygen atoms in total. The lowest BCUT2D eigenvalue weighted by atomic mass is 10.0. The molecule has 2 rings (SSSR count). The summed E-state index contributed by atoms with van der Waals surface area (Å²) in [6.45, 7) is 5.53. The van der Waals surface area contributed by atoms with Crippen molar-refractivity contribution in [2.45, 2.75) is 31.2 Å². The Kier molecular flexibility index (Phi) is 6.76. The van der Waals surface area contributed by atoms with Gasteiger partial charge >= 0.3 is 0 Å². The molecule has 0 aliphatic carbocycles. The number of nitrogens with one attached hydrogen (secondary N) is 2. The van der Waals surface area contributed by atoms with Crippen LogP contribution in [-0.2, 0) is 16.6 Å². The average molecular weight is 375 g/mol. The van der Waals surface area contributed by atoms with Crippen molar-refractivity contribution >= 4 is 16.0 Å². The van der Waals surface area contributed by atoms with E-state index in [1.165, 1.54) is 23.3 Å². The second kappa shape index (κ2) is 8.82. The van der Waals surface area contributed by atoms with Gasteiger partial charge in [-0.05, 0) is 36.1 Å². The van der Waals surface area contributed by atoms with Crippen LogP contribution in [0.2, 0.25) is 0 Å². The van der Waals surface area contributed by atoms with Crippen molar-refractivity contribution in [1.29, 1.82) is 0 Å². The third-order valence-electron chi connectivity index (χ3n) is 4.16. The quantitative estimate of drug-likeness (QED) is 0.533. The summed E-state index contributed by atoms with van der Waals surface area (Å²) in [6.07, 6.45) is 0. The number of nitrogens with zero attached hydrogens (tertiary/aromatic N) is 1. The van der Waals surface area contributed by atoms with E-state index >= 15 is 0 Å². The Bertz CT molecular complexity index is 844. The fourth-order valence-electron chi connectivity index (χ4n) is 2.47. The lowest BCUT2D eigenvalue weighted by Crippen LogP contribution is -2.38. The number of rotatable bonds is 6. The molecule has 1 atom stereocenters. The number of aliphatic imine (C=N–C) groups is 1. The van der Waals surface area contributed by atoms with Crippen LogP contribution in [0.15, 0.2) is 58.4 Å². The molecule has 0 amide bonds. The molecular formula is C19H26N4O2S. The highest BCUT2D eigenvalue weighted by Gasteiger charge is 2.08. The van der Waals surface area contributed by atoms with E-state index in [9.17, 15) is 8.42 Å². The van der Waals surface area contributed by atoms with Crippen molar-refractivity contribution < 1.29 is 8.42 Å². The second-order valence-corrected chi connectivity index (χ2v) is 7.87. The molecule has 0 aliphatic rings. The van der Waals surface area contributed by atoms with Gasteiger partial charge in [0.2, 0.25) is 10.0 Å². The predicted molar refractivity (Wildman–Crippen MR) is 106 cm³/mol. The summed E-state index contributed by atoms with van der Waals surface area (Å²) >= 11 is 0. The zero-order chi connectivity index (χ0) is 19.2. The number of guanidine groups is 1. The molecular weight excluding hydrogens is 348 g/mol. The Labute approximate surface area is 155 Å². The maximum atomic E-state index is 11.3. The molecule has 4 N–H and O–H groups in total. The zero-order valence-electron chi connectivity index (χ0n) is 15.4. The molecule has 0 heterocycles. The summed E-state index contributed by atoms with van der Waals surface area (Å²) in [5.41, 5.74) is 3.46. The number of sulfonamides is 1. The minimum absolute atomic E-state index is 0.107. The van der Waals surface area contributed by atoms with Crippen molar-refractivity contribution in [3.8, 4) is 0 Å².